The molecule has 0 fully saturated rings. The number of imidazole rings is 1. The second-order valence-electron chi connectivity index (χ2n) is 3.72. The molecule has 0 saturated heterocycles. The standard InChI is InChI=1S/C6H6N2O.C5H5N5.HO3P/c7-6(9)5-2-1-3-8-4-5;6-4-3-5(9-1-7-3)10-2-8-4;1-4(2)3/h1-4H,(H2,7,9);1-2H,(H3,6,7,8,9,10);(H-,1,2,3)/p+1. The fourth-order valence-electron chi connectivity index (χ4n) is 1.29. The minimum absolute atomic E-state index is 0.433. The van der Waals surface area contributed by atoms with Gasteiger partial charge in [0.25, 0.3) is 0 Å². The first-order valence-corrected chi connectivity index (χ1v) is 7.02. The van der Waals surface area contributed by atoms with Crippen molar-refractivity contribution in [2.45, 2.75) is 0 Å². The summed E-state index contributed by atoms with van der Waals surface area (Å²) < 4.78 is 8.70. The summed E-state index contributed by atoms with van der Waals surface area (Å²) in [6.07, 6.45) is 5.95. The van der Waals surface area contributed by atoms with E-state index in [9.17, 15) is 4.79 Å². The molecule has 0 aliphatic heterocycles. The molecular formula is C11H13N7O4P+. The largest absolute Gasteiger partial charge is 0.692 e. The number of anilines is 1. The van der Waals surface area contributed by atoms with E-state index in [1.54, 1.807) is 18.3 Å². The Labute approximate surface area is 130 Å². The van der Waals surface area contributed by atoms with Crippen molar-refractivity contribution in [1.82, 2.24) is 24.9 Å². The van der Waals surface area contributed by atoms with Gasteiger partial charge in [-0.1, -0.05) is 0 Å². The average molecular weight is 338 g/mol. The van der Waals surface area contributed by atoms with E-state index in [0.717, 1.165) is 0 Å². The molecule has 0 aliphatic rings. The SMILES string of the molecule is NC(=O)c1cccnc1.Nc1ncnc2nc[nH]c12.O=[P+](O)O. The first kappa shape index (κ1) is 18.0. The van der Waals surface area contributed by atoms with Crippen LogP contribution < -0.4 is 11.5 Å². The number of pyridine rings is 1. The number of fused-ring (bicyclic) bond motifs is 1. The average Bonchev–Trinajstić information content (AvgIpc) is 2.98. The number of carbonyl (C=O) groups excluding carboxylic acids is 1. The van der Waals surface area contributed by atoms with Gasteiger partial charge in [-0.3, -0.25) is 9.78 Å². The number of rotatable bonds is 1. The van der Waals surface area contributed by atoms with Gasteiger partial charge < -0.3 is 16.5 Å². The Kier molecular flexibility index (Phi) is 7.14. The lowest BCUT2D eigenvalue weighted by molar-refractivity contribution is 0.1000. The molecular weight excluding hydrogens is 325 g/mol. The van der Waals surface area contributed by atoms with Crippen molar-refractivity contribution in [3.8, 4) is 0 Å². The lowest BCUT2D eigenvalue weighted by Gasteiger charge is -1.89. The number of primary amides is 1. The maximum absolute atomic E-state index is 10.4. The number of carbonyl (C=O) groups is 1. The third-order valence-electron chi connectivity index (χ3n) is 2.20. The van der Waals surface area contributed by atoms with Crippen LogP contribution in [-0.4, -0.2) is 40.6 Å². The van der Waals surface area contributed by atoms with Crippen LogP contribution >= 0.6 is 8.25 Å². The highest BCUT2D eigenvalue weighted by Gasteiger charge is 1.99. The highest BCUT2D eigenvalue weighted by atomic mass is 31.1. The number of nitrogen functional groups attached to an aromatic ring is 1. The van der Waals surface area contributed by atoms with Gasteiger partial charge in [0, 0.05) is 17.0 Å². The smallest absolute Gasteiger partial charge is 0.382 e. The van der Waals surface area contributed by atoms with Crippen molar-refractivity contribution in [2.75, 3.05) is 5.73 Å². The van der Waals surface area contributed by atoms with E-state index in [0.29, 0.717) is 22.5 Å². The third-order valence-corrected chi connectivity index (χ3v) is 2.20. The Balaban J connectivity index is 0.000000189. The zero-order valence-corrected chi connectivity index (χ0v) is 12.5. The van der Waals surface area contributed by atoms with E-state index in [4.69, 9.17) is 25.8 Å². The van der Waals surface area contributed by atoms with Gasteiger partial charge in [-0.05, 0) is 12.1 Å². The van der Waals surface area contributed by atoms with Crippen LogP contribution in [-0.2, 0) is 4.57 Å². The molecule has 3 aromatic heterocycles. The lowest BCUT2D eigenvalue weighted by atomic mass is 10.3. The van der Waals surface area contributed by atoms with Crippen molar-refractivity contribution in [1.29, 1.82) is 0 Å². The Morgan fingerprint density at radius 1 is 1.26 bits per heavy atom. The van der Waals surface area contributed by atoms with Gasteiger partial charge in [0.1, 0.15) is 11.8 Å². The van der Waals surface area contributed by atoms with Crippen molar-refractivity contribution < 1.29 is 19.1 Å². The van der Waals surface area contributed by atoms with Crippen molar-refractivity contribution in [3.05, 3.63) is 42.7 Å². The van der Waals surface area contributed by atoms with Gasteiger partial charge >= 0.3 is 8.25 Å². The predicted octanol–water partition coefficient (Wildman–Crippen LogP) is -0.256. The van der Waals surface area contributed by atoms with E-state index in [-0.39, 0.29) is 0 Å². The van der Waals surface area contributed by atoms with Gasteiger partial charge in [-0.25, -0.2) is 15.0 Å². The number of nitrogens with two attached hydrogens (primary N) is 2. The molecule has 0 radical (unpaired) electrons. The zero-order valence-electron chi connectivity index (χ0n) is 11.6. The number of aromatic amines is 1. The molecule has 23 heavy (non-hydrogen) atoms. The highest BCUT2D eigenvalue weighted by Crippen LogP contribution is 2.09. The number of aromatic nitrogens is 5. The molecule has 3 aromatic rings. The zero-order chi connectivity index (χ0) is 17.2. The Hall–Kier alpha value is -3.01. The number of nitrogens with zero attached hydrogens (tertiary/aromatic N) is 4. The summed E-state index contributed by atoms with van der Waals surface area (Å²) in [5.41, 5.74) is 12.2. The van der Waals surface area contributed by atoms with E-state index in [1.807, 2.05) is 0 Å². The molecule has 0 spiro atoms. The molecule has 3 rings (SSSR count). The van der Waals surface area contributed by atoms with Crippen LogP contribution in [0.3, 0.4) is 0 Å². The molecule has 0 unspecified atom stereocenters. The Morgan fingerprint density at radius 2 is 1.96 bits per heavy atom. The fourth-order valence-corrected chi connectivity index (χ4v) is 1.29. The molecule has 0 saturated carbocycles. The molecule has 11 nitrogen and oxygen atoms in total. The summed E-state index contributed by atoms with van der Waals surface area (Å²) in [4.78, 5) is 42.7. The van der Waals surface area contributed by atoms with Gasteiger partial charge in [-0.2, -0.15) is 0 Å². The second kappa shape index (κ2) is 9.10. The molecule has 0 aromatic carbocycles. The molecule has 12 heteroatoms. The Morgan fingerprint density at radius 3 is 2.43 bits per heavy atom. The quantitative estimate of drug-likeness (QED) is 0.371. The van der Waals surface area contributed by atoms with Crippen LogP contribution in [0.5, 0.6) is 0 Å². The summed E-state index contributed by atoms with van der Waals surface area (Å²) in [5, 5.41) is 0. The van der Waals surface area contributed by atoms with Crippen molar-refractivity contribution in [2.24, 2.45) is 5.73 Å². The van der Waals surface area contributed by atoms with Crippen molar-refractivity contribution in [3.63, 3.8) is 0 Å². The number of amides is 1. The molecule has 120 valence electrons. The highest BCUT2D eigenvalue weighted by molar-refractivity contribution is 7.30. The van der Waals surface area contributed by atoms with Crippen molar-refractivity contribution >= 4 is 31.1 Å². The number of nitrogens with one attached hydrogen (secondary N) is 1. The summed E-state index contributed by atoms with van der Waals surface area (Å²) >= 11 is 0. The normalized spacial score (nSPS) is 9.13. The summed E-state index contributed by atoms with van der Waals surface area (Å²) in [7, 11) is -2.87. The number of hydrogen-bond donors (Lipinski definition) is 5. The van der Waals surface area contributed by atoms with Crippen LogP contribution in [0, 0.1) is 0 Å². The Bertz CT molecular complexity index is 776. The van der Waals surface area contributed by atoms with E-state index in [2.05, 4.69) is 24.9 Å². The lowest BCUT2D eigenvalue weighted by Crippen LogP contribution is -2.10. The van der Waals surface area contributed by atoms with Crippen LogP contribution in [0.1, 0.15) is 10.4 Å². The van der Waals surface area contributed by atoms with E-state index < -0.39 is 14.2 Å². The fraction of sp³-hybridized carbons (Fsp3) is 0. The molecule has 0 aliphatic carbocycles. The number of H-pyrrole nitrogens is 1. The molecule has 1 amide bonds. The van der Waals surface area contributed by atoms with Crippen LogP contribution in [0.15, 0.2) is 37.2 Å². The van der Waals surface area contributed by atoms with Crippen LogP contribution in [0.4, 0.5) is 5.82 Å². The second-order valence-corrected chi connectivity index (χ2v) is 4.22. The maximum atomic E-state index is 10.4. The molecule has 0 bridgehead atoms. The molecule has 0 atom stereocenters. The first-order valence-electron chi connectivity index (χ1n) is 5.86. The molecule has 7 N–H and O–H groups in total. The maximum Gasteiger partial charge on any atom is 0.692 e. The summed E-state index contributed by atoms with van der Waals surface area (Å²) in [6.45, 7) is 0. The molecule has 3 heterocycles. The van der Waals surface area contributed by atoms with Crippen LogP contribution in [0.2, 0.25) is 0 Å². The predicted molar refractivity (Wildman–Crippen MR) is 80.9 cm³/mol. The minimum atomic E-state index is -2.87. The van der Waals surface area contributed by atoms with Gasteiger partial charge in [-0.15, -0.1) is 9.79 Å². The van der Waals surface area contributed by atoms with E-state index >= 15 is 0 Å². The van der Waals surface area contributed by atoms with E-state index in [1.165, 1.54) is 18.9 Å². The number of hydrogen-bond acceptors (Lipinski definition) is 7. The van der Waals surface area contributed by atoms with Gasteiger partial charge in [0.2, 0.25) is 5.91 Å². The summed E-state index contributed by atoms with van der Waals surface area (Å²) in [6, 6.07) is 3.29. The monoisotopic (exact) mass is 338 g/mol. The first-order chi connectivity index (χ1) is 10.9. The van der Waals surface area contributed by atoms with Crippen LogP contribution in [0.25, 0.3) is 11.2 Å². The van der Waals surface area contributed by atoms with Gasteiger partial charge in [0.15, 0.2) is 11.5 Å². The topological polar surface area (TPSA) is 194 Å². The van der Waals surface area contributed by atoms with Gasteiger partial charge in [0.05, 0.1) is 11.9 Å². The third kappa shape index (κ3) is 6.52. The minimum Gasteiger partial charge on any atom is -0.382 e. The summed E-state index contributed by atoms with van der Waals surface area (Å²) in [5.74, 6) is -0.00870.